The minimum atomic E-state index is -0.630. The molecule has 0 radical (unpaired) electrons. The van der Waals surface area contributed by atoms with Gasteiger partial charge in [-0.25, -0.2) is 9.36 Å². The summed E-state index contributed by atoms with van der Waals surface area (Å²) < 4.78 is 6.99. The number of esters is 1. The van der Waals surface area contributed by atoms with E-state index < -0.39 is 6.04 Å². The predicted molar refractivity (Wildman–Crippen MR) is 92.5 cm³/mol. The standard InChI is InChI=1S/C19H24N2O3/c1-5-24-19(23)16(10-13(2)3)20-18(22)15-11-14-8-6-7-9-17(14)21(4)12-15/h6-9,11-13,16H,5,10H2,1-4H3/p+1/t16-/m1/s1. The highest BCUT2D eigenvalue weighted by molar-refractivity contribution is 5.98. The molecule has 0 fully saturated rings. The summed E-state index contributed by atoms with van der Waals surface area (Å²) in [5.41, 5.74) is 1.56. The van der Waals surface area contributed by atoms with Crippen LogP contribution in [-0.4, -0.2) is 24.5 Å². The van der Waals surface area contributed by atoms with E-state index in [1.165, 1.54) is 0 Å². The van der Waals surface area contributed by atoms with E-state index in [0.29, 0.717) is 18.6 Å². The van der Waals surface area contributed by atoms with Gasteiger partial charge in [-0.1, -0.05) is 26.0 Å². The maximum Gasteiger partial charge on any atom is 0.328 e. The Hall–Kier alpha value is -2.43. The number of aryl methyl sites for hydroxylation is 1. The zero-order chi connectivity index (χ0) is 17.7. The van der Waals surface area contributed by atoms with Crippen LogP contribution in [0.4, 0.5) is 0 Å². The molecule has 1 heterocycles. The monoisotopic (exact) mass is 329 g/mol. The average molecular weight is 329 g/mol. The Morgan fingerprint density at radius 3 is 2.62 bits per heavy atom. The van der Waals surface area contributed by atoms with E-state index in [9.17, 15) is 9.59 Å². The molecule has 24 heavy (non-hydrogen) atoms. The van der Waals surface area contributed by atoms with E-state index in [0.717, 1.165) is 10.9 Å². The van der Waals surface area contributed by atoms with E-state index in [1.807, 2.05) is 55.8 Å². The highest BCUT2D eigenvalue weighted by Crippen LogP contribution is 2.12. The van der Waals surface area contributed by atoms with Gasteiger partial charge in [0.15, 0.2) is 6.20 Å². The highest BCUT2D eigenvalue weighted by atomic mass is 16.5. The van der Waals surface area contributed by atoms with Crippen LogP contribution in [0.15, 0.2) is 36.5 Å². The van der Waals surface area contributed by atoms with Crippen LogP contribution in [0.5, 0.6) is 0 Å². The van der Waals surface area contributed by atoms with Gasteiger partial charge < -0.3 is 10.1 Å². The normalized spacial score (nSPS) is 12.2. The van der Waals surface area contributed by atoms with E-state index in [2.05, 4.69) is 5.32 Å². The number of hydrogen-bond donors (Lipinski definition) is 1. The van der Waals surface area contributed by atoms with Crippen molar-refractivity contribution in [1.82, 2.24) is 5.32 Å². The van der Waals surface area contributed by atoms with E-state index >= 15 is 0 Å². The number of pyridine rings is 1. The molecule has 128 valence electrons. The average Bonchev–Trinajstić information content (AvgIpc) is 2.54. The number of benzene rings is 1. The first-order valence-electron chi connectivity index (χ1n) is 8.28. The van der Waals surface area contributed by atoms with Gasteiger partial charge in [-0.2, -0.15) is 0 Å². The number of ether oxygens (including phenoxy) is 1. The number of nitrogens with zero attached hydrogens (tertiary/aromatic N) is 1. The van der Waals surface area contributed by atoms with Crippen molar-refractivity contribution in [2.24, 2.45) is 13.0 Å². The van der Waals surface area contributed by atoms with E-state index in [-0.39, 0.29) is 17.8 Å². The van der Waals surface area contributed by atoms with Gasteiger partial charge in [0.1, 0.15) is 18.7 Å². The summed E-state index contributed by atoms with van der Waals surface area (Å²) in [6.45, 7) is 6.08. The molecule has 0 bridgehead atoms. The molecule has 5 heteroatoms. The van der Waals surface area contributed by atoms with Crippen molar-refractivity contribution in [3.05, 3.63) is 42.1 Å². The van der Waals surface area contributed by atoms with Crippen molar-refractivity contribution in [3.63, 3.8) is 0 Å². The van der Waals surface area contributed by atoms with E-state index in [1.54, 1.807) is 13.1 Å². The Balaban J connectivity index is 2.24. The molecule has 1 atom stereocenters. The molecule has 0 unspecified atom stereocenters. The molecule has 5 nitrogen and oxygen atoms in total. The van der Waals surface area contributed by atoms with Crippen LogP contribution in [0.3, 0.4) is 0 Å². The van der Waals surface area contributed by atoms with Crippen molar-refractivity contribution in [3.8, 4) is 0 Å². The quantitative estimate of drug-likeness (QED) is 0.654. The Morgan fingerprint density at radius 2 is 1.96 bits per heavy atom. The first-order chi connectivity index (χ1) is 11.4. The summed E-state index contributed by atoms with van der Waals surface area (Å²) in [7, 11) is 1.90. The molecule has 0 aliphatic rings. The number of nitrogens with one attached hydrogen (secondary N) is 1. The Labute approximate surface area is 142 Å². The fourth-order valence-corrected chi connectivity index (χ4v) is 2.71. The van der Waals surface area contributed by atoms with Crippen LogP contribution in [-0.2, 0) is 16.6 Å². The van der Waals surface area contributed by atoms with Gasteiger partial charge in [0.05, 0.1) is 6.61 Å². The fraction of sp³-hybridized carbons (Fsp3) is 0.421. The summed E-state index contributed by atoms with van der Waals surface area (Å²) in [6, 6.07) is 9.06. The maximum atomic E-state index is 12.6. The van der Waals surface area contributed by atoms with Crippen LogP contribution in [0.1, 0.15) is 37.6 Å². The van der Waals surface area contributed by atoms with Crippen molar-refractivity contribution >= 4 is 22.8 Å². The maximum absolute atomic E-state index is 12.6. The van der Waals surface area contributed by atoms with Crippen LogP contribution in [0.25, 0.3) is 10.9 Å². The van der Waals surface area contributed by atoms with Gasteiger partial charge in [-0.3, -0.25) is 4.79 Å². The molecule has 2 rings (SSSR count). The van der Waals surface area contributed by atoms with Gasteiger partial charge >= 0.3 is 5.97 Å². The molecule has 2 aromatic rings. The number of hydrogen-bond acceptors (Lipinski definition) is 3. The first-order valence-corrected chi connectivity index (χ1v) is 8.28. The van der Waals surface area contributed by atoms with Crippen LogP contribution in [0.2, 0.25) is 0 Å². The van der Waals surface area contributed by atoms with Gasteiger partial charge in [-0.05, 0) is 31.4 Å². The lowest BCUT2D eigenvalue weighted by Crippen LogP contribution is -2.43. The molecule has 0 spiro atoms. The summed E-state index contributed by atoms with van der Waals surface area (Å²) in [6.07, 6.45) is 2.32. The predicted octanol–water partition coefficient (Wildman–Crippen LogP) is 2.37. The van der Waals surface area contributed by atoms with Crippen LogP contribution < -0.4 is 9.88 Å². The lowest BCUT2D eigenvalue weighted by atomic mass is 10.0. The second-order valence-electron chi connectivity index (χ2n) is 6.31. The third-order valence-electron chi connectivity index (χ3n) is 3.81. The molecular formula is C19H25N2O3+. The summed E-state index contributed by atoms with van der Waals surface area (Å²) in [5.74, 6) is -0.382. The van der Waals surface area contributed by atoms with Gasteiger partial charge in [0, 0.05) is 11.5 Å². The summed E-state index contributed by atoms with van der Waals surface area (Å²) in [5, 5.41) is 3.79. The topological polar surface area (TPSA) is 59.3 Å². The lowest BCUT2D eigenvalue weighted by molar-refractivity contribution is -0.645. The molecule has 0 aliphatic heterocycles. The first kappa shape index (κ1) is 17.9. The van der Waals surface area contributed by atoms with Crippen molar-refractivity contribution in [1.29, 1.82) is 0 Å². The van der Waals surface area contributed by atoms with Crippen LogP contribution >= 0.6 is 0 Å². The molecule has 1 amide bonds. The number of aromatic nitrogens is 1. The second kappa shape index (κ2) is 7.90. The van der Waals surface area contributed by atoms with Crippen LogP contribution in [0, 0.1) is 5.92 Å². The fourth-order valence-electron chi connectivity index (χ4n) is 2.71. The second-order valence-corrected chi connectivity index (χ2v) is 6.31. The highest BCUT2D eigenvalue weighted by Gasteiger charge is 2.25. The smallest absolute Gasteiger partial charge is 0.328 e. The number of fused-ring (bicyclic) bond motifs is 1. The molecular weight excluding hydrogens is 304 g/mol. The third kappa shape index (κ3) is 4.31. The zero-order valence-electron chi connectivity index (χ0n) is 14.7. The van der Waals surface area contributed by atoms with E-state index in [4.69, 9.17) is 4.74 Å². The summed E-state index contributed by atoms with van der Waals surface area (Å²) in [4.78, 5) is 24.7. The largest absolute Gasteiger partial charge is 0.464 e. The minimum Gasteiger partial charge on any atom is -0.464 e. The Bertz CT molecular complexity index is 740. The molecule has 0 saturated heterocycles. The Kier molecular flexibility index (Phi) is 5.90. The molecule has 1 N–H and O–H groups in total. The number of amides is 1. The van der Waals surface area contributed by atoms with Crippen molar-refractivity contribution < 1.29 is 18.9 Å². The number of carbonyl (C=O) groups excluding carboxylic acids is 2. The molecule has 1 aromatic heterocycles. The molecule has 0 aliphatic carbocycles. The zero-order valence-corrected chi connectivity index (χ0v) is 14.7. The number of carbonyl (C=O) groups is 2. The molecule has 1 aromatic carbocycles. The van der Waals surface area contributed by atoms with Gasteiger partial charge in [0.2, 0.25) is 5.52 Å². The third-order valence-corrected chi connectivity index (χ3v) is 3.81. The summed E-state index contributed by atoms with van der Waals surface area (Å²) >= 11 is 0. The number of para-hydroxylation sites is 1. The molecule has 0 saturated carbocycles. The lowest BCUT2D eigenvalue weighted by Gasteiger charge is -2.18. The SMILES string of the molecule is CCOC(=O)[C@@H](CC(C)C)NC(=O)c1cc2ccccc2[n+](C)c1. The van der Waals surface area contributed by atoms with Crippen molar-refractivity contribution in [2.45, 2.75) is 33.2 Å². The van der Waals surface area contributed by atoms with Gasteiger partial charge in [0.25, 0.3) is 5.91 Å². The number of rotatable bonds is 6. The minimum absolute atomic E-state index is 0.268. The van der Waals surface area contributed by atoms with Crippen molar-refractivity contribution in [2.75, 3.05) is 6.61 Å². The Morgan fingerprint density at radius 1 is 1.25 bits per heavy atom. The van der Waals surface area contributed by atoms with Gasteiger partial charge in [-0.15, -0.1) is 0 Å².